The molecule has 5 aromatic carbocycles. The summed E-state index contributed by atoms with van der Waals surface area (Å²) in [6.07, 6.45) is 1.22. The standard InChI is InChI=1S/C28H17F5N2O/c29-23-24(30)26(32)28(27(33)25(23)31)35-34-14-21-20-11-4-2-7-17(20)12-13-22(21)36-15-18-9-5-8-16-6-1-3-10-19(16)18/h1-14,35H,15H2/b34-14-. The van der Waals surface area contributed by atoms with E-state index in [0.717, 1.165) is 27.1 Å². The fraction of sp³-hybridized carbons (Fsp3) is 0.0357. The van der Waals surface area contributed by atoms with Crippen LogP contribution < -0.4 is 10.2 Å². The molecule has 8 heteroatoms. The summed E-state index contributed by atoms with van der Waals surface area (Å²) in [6, 6.07) is 24.6. The van der Waals surface area contributed by atoms with Crippen LogP contribution in [0.4, 0.5) is 27.6 Å². The molecule has 0 amide bonds. The summed E-state index contributed by atoms with van der Waals surface area (Å²) in [5.41, 5.74) is 2.11. The second kappa shape index (κ2) is 9.65. The van der Waals surface area contributed by atoms with E-state index >= 15 is 0 Å². The number of anilines is 1. The van der Waals surface area contributed by atoms with Crippen LogP contribution in [0.2, 0.25) is 0 Å². The van der Waals surface area contributed by atoms with Crippen molar-refractivity contribution in [3.8, 4) is 5.75 Å². The van der Waals surface area contributed by atoms with E-state index in [-0.39, 0.29) is 6.61 Å². The Morgan fingerprint density at radius 1 is 0.639 bits per heavy atom. The molecule has 0 spiro atoms. The summed E-state index contributed by atoms with van der Waals surface area (Å²) in [7, 11) is 0. The third-order valence-corrected chi connectivity index (χ3v) is 5.77. The molecule has 0 unspecified atom stereocenters. The molecule has 0 aliphatic heterocycles. The van der Waals surface area contributed by atoms with Gasteiger partial charge in [0.1, 0.15) is 18.0 Å². The molecule has 0 bridgehead atoms. The van der Waals surface area contributed by atoms with Gasteiger partial charge in [-0.1, -0.05) is 72.8 Å². The van der Waals surface area contributed by atoms with E-state index in [0.29, 0.717) is 11.3 Å². The minimum Gasteiger partial charge on any atom is -0.488 e. The van der Waals surface area contributed by atoms with Gasteiger partial charge in [-0.15, -0.1) is 0 Å². The molecule has 5 aromatic rings. The fourth-order valence-electron chi connectivity index (χ4n) is 3.97. The second-order valence-corrected chi connectivity index (χ2v) is 7.94. The Morgan fingerprint density at radius 3 is 1.94 bits per heavy atom. The van der Waals surface area contributed by atoms with Crippen molar-refractivity contribution in [2.24, 2.45) is 5.10 Å². The van der Waals surface area contributed by atoms with Crippen molar-refractivity contribution in [2.75, 3.05) is 5.43 Å². The summed E-state index contributed by atoms with van der Waals surface area (Å²) in [6.45, 7) is 0.228. The van der Waals surface area contributed by atoms with E-state index in [1.807, 2.05) is 66.1 Å². The van der Waals surface area contributed by atoms with Gasteiger partial charge in [0.05, 0.1) is 6.21 Å². The summed E-state index contributed by atoms with van der Waals surface area (Å²) in [4.78, 5) is 0. The number of hydrogen-bond donors (Lipinski definition) is 1. The monoisotopic (exact) mass is 492 g/mol. The number of fused-ring (bicyclic) bond motifs is 2. The van der Waals surface area contributed by atoms with E-state index in [1.54, 1.807) is 18.2 Å². The molecule has 0 aromatic heterocycles. The van der Waals surface area contributed by atoms with Gasteiger partial charge in [-0.2, -0.15) is 5.10 Å². The number of rotatable bonds is 6. The lowest BCUT2D eigenvalue weighted by Gasteiger charge is -2.13. The highest BCUT2D eigenvalue weighted by molar-refractivity contribution is 6.02. The Balaban J connectivity index is 1.49. The first-order chi connectivity index (χ1) is 17.5. The molecule has 0 radical (unpaired) electrons. The number of halogens is 5. The van der Waals surface area contributed by atoms with Crippen LogP contribution >= 0.6 is 0 Å². The van der Waals surface area contributed by atoms with Gasteiger partial charge >= 0.3 is 0 Å². The maximum atomic E-state index is 14.0. The fourth-order valence-corrected chi connectivity index (χ4v) is 3.97. The van der Waals surface area contributed by atoms with Gasteiger partial charge in [-0.05, 0) is 33.2 Å². The number of nitrogens with zero attached hydrogens (tertiary/aromatic N) is 1. The first-order valence-corrected chi connectivity index (χ1v) is 10.9. The molecule has 0 heterocycles. The molecule has 0 saturated carbocycles. The SMILES string of the molecule is Fc1c(F)c(F)c(N/N=C\c2c(OCc3cccc4ccccc34)ccc3ccccc23)c(F)c1F. The van der Waals surface area contributed by atoms with Crippen LogP contribution in [0.3, 0.4) is 0 Å². The van der Waals surface area contributed by atoms with E-state index in [1.165, 1.54) is 6.21 Å². The highest BCUT2D eigenvalue weighted by Crippen LogP contribution is 2.30. The lowest BCUT2D eigenvalue weighted by Crippen LogP contribution is -2.07. The molecular weight excluding hydrogens is 475 g/mol. The molecule has 0 saturated heterocycles. The van der Waals surface area contributed by atoms with Gasteiger partial charge in [0.25, 0.3) is 0 Å². The average Bonchev–Trinajstić information content (AvgIpc) is 2.91. The van der Waals surface area contributed by atoms with Gasteiger partial charge in [-0.25, -0.2) is 22.0 Å². The number of hydrogen-bond acceptors (Lipinski definition) is 3. The zero-order valence-corrected chi connectivity index (χ0v) is 18.5. The highest BCUT2D eigenvalue weighted by Gasteiger charge is 2.25. The first-order valence-electron chi connectivity index (χ1n) is 10.9. The largest absolute Gasteiger partial charge is 0.488 e. The normalized spacial score (nSPS) is 11.5. The number of nitrogens with one attached hydrogen (secondary N) is 1. The molecule has 0 atom stereocenters. The maximum Gasteiger partial charge on any atom is 0.200 e. The predicted octanol–water partition coefficient (Wildman–Crippen LogP) is 7.71. The third-order valence-electron chi connectivity index (χ3n) is 5.77. The Hall–Kier alpha value is -4.46. The molecule has 0 aliphatic carbocycles. The van der Waals surface area contributed by atoms with Crippen LogP contribution in [0.1, 0.15) is 11.1 Å². The smallest absolute Gasteiger partial charge is 0.200 e. The average molecular weight is 492 g/mol. The lowest BCUT2D eigenvalue weighted by molar-refractivity contribution is 0.307. The second-order valence-electron chi connectivity index (χ2n) is 7.94. The van der Waals surface area contributed by atoms with E-state index in [9.17, 15) is 22.0 Å². The summed E-state index contributed by atoms with van der Waals surface area (Å²) in [5, 5.41) is 7.42. The van der Waals surface area contributed by atoms with Crippen molar-refractivity contribution >= 4 is 33.4 Å². The van der Waals surface area contributed by atoms with Crippen LogP contribution in [0.15, 0.2) is 84.0 Å². The van der Waals surface area contributed by atoms with Crippen LogP contribution in [0.25, 0.3) is 21.5 Å². The van der Waals surface area contributed by atoms with Gasteiger partial charge < -0.3 is 4.74 Å². The molecular formula is C28H17F5N2O. The Morgan fingerprint density at radius 2 is 1.22 bits per heavy atom. The maximum absolute atomic E-state index is 14.0. The zero-order chi connectivity index (χ0) is 25.2. The van der Waals surface area contributed by atoms with Crippen molar-refractivity contribution in [3.63, 3.8) is 0 Å². The Kier molecular flexibility index (Phi) is 6.25. The molecule has 1 N–H and O–H groups in total. The topological polar surface area (TPSA) is 33.6 Å². The van der Waals surface area contributed by atoms with Gasteiger partial charge in [0.15, 0.2) is 23.3 Å². The quantitative estimate of drug-likeness (QED) is 0.0866. The molecule has 0 aliphatic rings. The zero-order valence-electron chi connectivity index (χ0n) is 18.5. The Bertz CT molecular complexity index is 1600. The van der Waals surface area contributed by atoms with E-state index < -0.39 is 34.8 Å². The summed E-state index contributed by atoms with van der Waals surface area (Å²) >= 11 is 0. The van der Waals surface area contributed by atoms with Crippen LogP contribution in [0.5, 0.6) is 5.75 Å². The molecule has 0 fully saturated rings. The molecule has 5 rings (SSSR count). The first kappa shape index (κ1) is 23.3. The van der Waals surface area contributed by atoms with Crippen LogP contribution in [-0.4, -0.2) is 6.21 Å². The predicted molar refractivity (Wildman–Crippen MR) is 130 cm³/mol. The van der Waals surface area contributed by atoms with Crippen molar-refractivity contribution < 1.29 is 26.7 Å². The minimum absolute atomic E-state index is 0.228. The number of benzene rings is 5. The van der Waals surface area contributed by atoms with Gasteiger partial charge in [-0.3, -0.25) is 5.43 Å². The van der Waals surface area contributed by atoms with Gasteiger partial charge in [0.2, 0.25) is 5.82 Å². The Labute approximate surface area is 202 Å². The van der Waals surface area contributed by atoms with Crippen molar-refractivity contribution in [3.05, 3.63) is 119 Å². The van der Waals surface area contributed by atoms with Crippen molar-refractivity contribution in [2.45, 2.75) is 6.61 Å². The van der Waals surface area contributed by atoms with Crippen molar-refractivity contribution in [1.29, 1.82) is 0 Å². The summed E-state index contributed by atoms with van der Waals surface area (Å²) in [5.74, 6) is -9.95. The molecule has 180 valence electrons. The number of ether oxygens (including phenoxy) is 1. The highest BCUT2D eigenvalue weighted by atomic mass is 19.2. The number of hydrazone groups is 1. The minimum atomic E-state index is -2.24. The molecule has 3 nitrogen and oxygen atoms in total. The van der Waals surface area contributed by atoms with Crippen LogP contribution in [0, 0.1) is 29.1 Å². The van der Waals surface area contributed by atoms with E-state index in [2.05, 4.69) is 5.10 Å². The van der Waals surface area contributed by atoms with Crippen molar-refractivity contribution in [1.82, 2.24) is 0 Å². The molecule has 36 heavy (non-hydrogen) atoms. The third kappa shape index (κ3) is 4.22. The van der Waals surface area contributed by atoms with E-state index in [4.69, 9.17) is 4.74 Å². The van der Waals surface area contributed by atoms with Gasteiger partial charge in [0, 0.05) is 5.56 Å². The summed E-state index contributed by atoms with van der Waals surface area (Å²) < 4.78 is 74.5. The lowest BCUT2D eigenvalue weighted by atomic mass is 10.0. The van der Waals surface area contributed by atoms with Crippen LogP contribution in [-0.2, 0) is 6.61 Å².